The van der Waals surface area contributed by atoms with Crippen LogP contribution in [0.2, 0.25) is 0 Å². The van der Waals surface area contributed by atoms with E-state index in [4.69, 9.17) is 29.0 Å². The van der Waals surface area contributed by atoms with Crippen LogP contribution >= 0.6 is 15.9 Å². The summed E-state index contributed by atoms with van der Waals surface area (Å²) in [5, 5.41) is 12.4. The Balaban J connectivity index is 0.000000279. The molecular weight excluding hydrogens is 1340 g/mol. The number of hydrogen-bond donors (Lipinski definition) is 1. The summed E-state index contributed by atoms with van der Waals surface area (Å²) in [6.45, 7) is 4.88. The number of carbonyl (C=O) groups is 7. The zero-order chi connectivity index (χ0) is 56.1. The molecule has 4 aromatic rings. The van der Waals surface area contributed by atoms with E-state index in [2.05, 4.69) is 77.2 Å². The third kappa shape index (κ3) is 20.5. The molecule has 1 N–H and O–H groups in total. The summed E-state index contributed by atoms with van der Waals surface area (Å²) < 4.78 is 20.6. The van der Waals surface area contributed by atoms with E-state index in [1.54, 1.807) is 13.8 Å². The maximum absolute atomic E-state index is 13.5. The van der Waals surface area contributed by atoms with Crippen LogP contribution in [0.15, 0.2) is 109 Å². The molecule has 6 atom stereocenters. The van der Waals surface area contributed by atoms with Gasteiger partial charge in [0.1, 0.15) is 25.1 Å². The predicted octanol–water partition coefficient (Wildman–Crippen LogP) is 3.13. The van der Waals surface area contributed by atoms with Crippen LogP contribution < -0.4 is 153 Å². The molecule has 426 valence electrons. The Morgan fingerprint density at radius 2 is 1.06 bits per heavy atom. The molecule has 4 fully saturated rings. The summed E-state index contributed by atoms with van der Waals surface area (Å²) >= 11 is 3.01. The van der Waals surface area contributed by atoms with Crippen LogP contribution in [-0.2, 0) is 70.6 Å². The molecule has 20 heteroatoms. The van der Waals surface area contributed by atoms with Crippen LogP contribution in [-0.4, -0.2) is 101 Å². The molecule has 17 nitrogen and oxygen atoms in total. The van der Waals surface area contributed by atoms with Gasteiger partial charge in [-0.05, 0) is 99.6 Å². The zero-order valence-corrected chi connectivity index (χ0v) is 61.4. The van der Waals surface area contributed by atoms with Crippen LogP contribution in [0.3, 0.4) is 0 Å². The van der Waals surface area contributed by atoms with Crippen LogP contribution in [0.4, 0.5) is 11.4 Å². The molecule has 2 amide bonds. The summed E-state index contributed by atoms with van der Waals surface area (Å²) in [5.41, 5.74) is 6.49. The van der Waals surface area contributed by atoms with Crippen molar-refractivity contribution in [2.75, 3.05) is 35.3 Å². The molecule has 0 aromatic heterocycles. The minimum atomic E-state index is -0.324. The van der Waals surface area contributed by atoms with E-state index in [0.717, 1.165) is 73.7 Å². The monoisotopic (exact) mass is 1420 g/mol. The Morgan fingerprint density at radius 1 is 0.593 bits per heavy atom. The first-order chi connectivity index (χ1) is 38.5. The first kappa shape index (κ1) is 69.1. The number of halogens is 1. The van der Waals surface area contributed by atoms with Crippen molar-refractivity contribution in [3.8, 4) is 0 Å². The minimum Gasteiger partial charge on any atom is -1.00 e. The molecule has 10 rings (SSSR count). The largest absolute Gasteiger partial charge is 1.00 e. The van der Waals surface area contributed by atoms with Gasteiger partial charge in [-0.1, -0.05) is 126 Å². The number of ether oxygens (including phenoxy) is 4. The van der Waals surface area contributed by atoms with Gasteiger partial charge in [0.2, 0.25) is 11.8 Å². The van der Waals surface area contributed by atoms with Crippen LogP contribution in [0.1, 0.15) is 140 Å². The summed E-state index contributed by atoms with van der Waals surface area (Å²) in [6.07, 6.45) is 11.4. The normalized spacial score (nSPS) is 20.2. The zero-order valence-electron chi connectivity index (χ0n) is 48.3. The Hall–Kier alpha value is -2.69. The van der Waals surface area contributed by atoms with Crippen molar-refractivity contribution in [3.63, 3.8) is 0 Å². The molecule has 0 radical (unpaired) electrons. The van der Waals surface area contributed by atoms with Crippen LogP contribution in [0.5, 0.6) is 0 Å². The topological polar surface area (TPSA) is 210 Å². The van der Waals surface area contributed by atoms with Crippen LogP contribution in [0, 0.1) is 11.8 Å². The van der Waals surface area contributed by atoms with Crippen molar-refractivity contribution >= 4 is 69.5 Å². The van der Waals surface area contributed by atoms with Gasteiger partial charge >= 0.3 is 162 Å². The molecule has 81 heavy (non-hydrogen) atoms. The summed E-state index contributed by atoms with van der Waals surface area (Å²) in [6, 6.07) is 37.2. The number of nitrogens with one attached hydrogen (secondary N) is 1. The van der Waals surface area contributed by atoms with Gasteiger partial charge in [0.15, 0.2) is 0 Å². The van der Waals surface area contributed by atoms with E-state index in [9.17, 15) is 28.8 Å². The van der Waals surface area contributed by atoms with E-state index < -0.39 is 0 Å². The van der Waals surface area contributed by atoms with Gasteiger partial charge in [-0.3, -0.25) is 33.6 Å². The molecule has 4 saturated carbocycles. The number of amides is 2. The van der Waals surface area contributed by atoms with Crippen molar-refractivity contribution in [3.05, 3.63) is 131 Å². The number of carbonyl (C=O) groups excluding carboxylic acids is 7. The molecule has 0 bridgehead atoms. The molecule has 6 unspecified atom stereocenters. The number of fused-ring (bicyclic) bond motifs is 4. The van der Waals surface area contributed by atoms with Gasteiger partial charge in [0, 0.05) is 60.2 Å². The third-order valence-electron chi connectivity index (χ3n) is 15.2. The Morgan fingerprint density at radius 3 is 1.58 bits per heavy atom. The summed E-state index contributed by atoms with van der Waals surface area (Å²) in [5.74, 6) is -0.243. The molecule has 6 aliphatic rings. The molecule has 0 saturated heterocycles. The van der Waals surface area contributed by atoms with Gasteiger partial charge in [0.25, 0.3) is 6.47 Å². The van der Waals surface area contributed by atoms with Gasteiger partial charge < -0.3 is 50.5 Å². The van der Waals surface area contributed by atoms with E-state index in [1.807, 2.05) is 72.8 Å². The van der Waals surface area contributed by atoms with Crippen molar-refractivity contribution < 1.29 is 202 Å². The Kier molecular flexibility index (Phi) is 31.0. The number of anilines is 2. The van der Waals surface area contributed by atoms with Gasteiger partial charge in [0.05, 0.1) is 38.1 Å². The van der Waals surface area contributed by atoms with Gasteiger partial charge in [-0.15, -0.1) is 0 Å². The summed E-state index contributed by atoms with van der Waals surface area (Å²) in [4.78, 5) is 91.7. The molecule has 0 spiro atoms. The number of esters is 4. The average molecular weight is 1420 g/mol. The molecule has 2 aliphatic heterocycles. The standard InChI is InChI=1S/C30H36N2O5.C21H28N2O3.C9H9BrO2.CH2O3.2Cs.H/c1-2-36-28(34)18-17-27(33)32(22-15-16-22)30-23-11-6-7-13-25(23)31(26-14-8-12-24(26)30)19-29(35)37-20-21-9-4-3-5-10-21;1-2-26-20(25)13-12-19(24)23(14-10-11-14)21-15-6-3-4-8-17(15)22-18-9-5-7-16(18)21;10-6-9(11)12-7-8-4-2-1-3-5-8;2-1-4-3;;;/h3-7,9-11,13,22,24,26,30H,2,8,12,14-20H2,1H3;3-4,6,8,14,16,18,21-22H,2,5,7,9-13H2,1H3;1-5H,6-7H2;1,3H;;;/q;;;;2*+1;-1/p-1. The number of hydrogen-bond acceptors (Lipinski definition) is 15. The first-order valence-corrected chi connectivity index (χ1v) is 28.9. The number of nitrogens with zero attached hydrogens (tertiary/aromatic N) is 3. The first-order valence-electron chi connectivity index (χ1n) is 27.8. The van der Waals surface area contributed by atoms with Crippen LogP contribution in [0.25, 0.3) is 0 Å². The average Bonchev–Trinajstić information content (AvgIpc) is 4.59. The maximum atomic E-state index is 13.5. The number of alkyl halides is 1. The molecule has 4 aliphatic carbocycles. The fourth-order valence-corrected chi connectivity index (χ4v) is 11.8. The number of rotatable bonds is 20. The minimum absolute atomic E-state index is 0. The van der Waals surface area contributed by atoms with Crippen molar-refractivity contribution in [2.24, 2.45) is 11.8 Å². The van der Waals surface area contributed by atoms with E-state index in [1.165, 1.54) is 24.1 Å². The molecule has 2 heterocycles. The second kappa shape index (κ2) is 36.3. The second-order valence-electron chi connectivity index (χ2n) is 20.5. The van der Waals surface area contributed by atoms with E-state index >= 15 is 0 Å². The number of benzene rings is 4. The van der Waals surface area contributed by atoms with Crippen molar-refractivity contribution in [1.82, 2.24) is 9.80 Å². The predicted molar refractivity (Wildman–Crippen MR) is 298 cm³/mol. The molecule has 4 aromatic carbocycles. The molecular formula is C61H75BrCs2N4O13. The number of para-hydroxylation sites is 2. The van der Waals surface area contributed by atoms with Gasteiger partial charge in [-0.25, -0.2) is 0 Å². The van der Waals surface area contributed by atoms with Gasteiger partial charge in [-0.2, -0.15) is 0 Å². The SMILES string of the molecule is CCOC(=O)CCC(=O)N(C1CC1)C1c2ccccc2N(CC(=O)OCc2ccccc2)C2CCCC21.CCOC(=O)CCC(=O)N(C1CC1)C1c2ccccc2NC2CCCC21.O=C(CBr)OCc1ccccc1.O=CO[O-].[Cs+].[Cs+].[H-]. The summed E-state index contributed by atoms with van der Waals surface area (Å²) in [7, 11) is 0. The Labute approximate surface area is 603 Å². The maximum Gasteiger partial charge on any atom is 1.00 e. The fourth-order valence-electron chi connectivity index (χ4n) is 11.6. The van der Waals surface area contributed by atoms with E-state index in [-0.39, 0.29) is 256 Å². The Bertz CT molecular complexity index is 2660. The third-order valence-corrected chi connectivity index (χ3v) is 15.6. The van der Waals surface area contributed by atoms with E-state index in [0.29, 0.717) is 37.8 Å². The van der Waals surface area contributed by atoms with Crippen molar-refractivity contribution in [1.29, 1.82) is 0 Å². The second-order valence-corrected chi connectivity index (χ2v) is 21.0. The fraction of sp³-hybridized carbons (Fsp3) is 0.492. The van der Waals surface area contributed by atoms with Crippen molar-refractivity contribution in [2.45, 2.75) is 153 Å². The smallest absolute Gasteiger partial charge is 1.00 e. The quantitative estimate of drug-likeness (QED) is 0.0337.